The average molecular weight is 287 g/mol. The van der Waals surface area contributed by atoms with Crippen LogP contribution in [0.3, 0.4) is 0 Å². The molecule has 110 valence electrons. The van der Waals surface area contributed by atoms with E-state index in [1.165, 1.54) is 6.33 Å². The maximum Gasteiger partial charge on any atom is 0.279 e. The molecule has 0 bridgehead atoms. The minimum absolute atomic E-state index is 0.0731. The summed E-state index contributed by atoms with van der Waals surface area (Å²) in [6.07, 6.45) is 5.45. The third kappa shape index (κ3) is 2.22. The number of rotatable bonds is 4. The number of nitrogens with zero attached hydrogens (tertiary/aromatic N) is 7. The van der Waals surface area contributed by atoms with Crippen LogP contribution in [0, 0.1) is 0 Å². The van der Waals surface area contributed by atoms with Crippen LogP contribution in [0.25, 0.3) is 11.0 Å². The molecule has 0 N–H and O–H groups in total. The van der Waals surface area contributed by atoms with E-state index in [-0.39, 0.29) is 11.6 Å². The van der Waals surface area contributed by atoms with Crippen molar-refractivity contribution in [3.05, 3.63) is 35.0 Å². The van der Waals surface area contributed by atoms with Gasteiger partial charge in [0.1, 0.15) is 18.2 Å². The quantitative estimate of drug-likeness (QED) is 0.699. The summed E-state index contributed by atoms with van der Waals surface area (Å²) in [5.74, 6) is 0. The fourth-order valence-electron chi connectivity index (χ4n) is 2.48. The van der Waals surface area contributed by atoms with Gasteiger partial charge in [-0.1, -0.05) is 6.92 Å². The first-order valence-electron chi connectivity index (χ1n) is 6.87. The summed E-state index contributed by atoms with van der Waals surface area (Å²) < 4.78 is 4.93. The van der Waals surface area contributed by atoms with Crippen molar-refractivity contribution in [1.82, 2.24) is 34.1 Å². The van der Waals surface area contributed by atoms with Crippen LogP contribution in [-0.2, 0) is 20.0 Å². The Morgan fingerprint density at radius 3 is 2.81 bits per heavy atom. The fourth-order valence-corrected chi connectivity index (χ4v) is 2.48. The largest absolute Gasteiger partial charge is 0.293 e. The van der Waals surface area contributed by atoms with Crippen molar-refractivity contribution < 1.29 is 0 Å². The van der Waals surface area contributed by atoms with Gasteiger partial charge in [0.15, 0.2) is 5.52 Å². The molecular formula is C13H17N7O. The summed E-state index contributed by atoms with van der Waals surface area (Å²) in [7, 11) is 1.77. The summed E-state index contributed by atoms with van der Waals surface area (Å²) in [6.45, 7) is 4.52. The first-order valence-corrected chi connectivity index (χ1v) is 6.87. The van der Waals surface area contributed by atoms with Crippen LogP contribution in [0.1, 0.15) is 25.6 Å². The standard InChI is InChI=1S/C13H17N7O/c1-4-10-11-12(18(3)17-10)13(21)20(8-15-11)9(2)5-19-7-14-6-16-19/h6-9H,4-5H2,1-3H3. The molecule has 1 atom stereocenters. The Hall–Kier alpha value is -2.51. The van der Waals surface area contributed by atoms with E-state index in [1.807, 2.05) is 13.8 Å². The lowest BCUT2D eigenvalue weighted by molar-refractivity contribution is 0.424. The molecule has 21 heavy (non-hydrogen) atoms. The molecule has 0 fully saturated rings. The average Bonchev–Trinajstić information content (AvgIpc) is 3.07. The van der Waals surface area contributed by atoms with E-state index >= 15 is 0 Å². The predicted molar refractivity (Wildman–Crippen MR) is 76.9 cm³/mol. The van der Waals surface area contributed by atoms with Crippen molar-refractivity contribution in [1.29, 1.82) is 0 Å². The predicted octanol–water partition coefficient (Wildman–Crippen LogP) is 0.545. The Morgan fingerprint density at radius 1 is 1.33 bits per heavy atom. The van der Waals surface area contributed by atoms with E-state index in [0.717, 1.165) is 12.1 Å². The molecule has 0 spiro atoms. The molecule has 3 rings (SSSR count). The molecule has 3 heterocycles. The SMILES string of the molecule is CCc1nn(C)c2c(=O)n(C(C)Cn3cncn3)cnc12. The highest BCUT2D eigenvalue weighted by Gasteiger charge is 2.16. The number of aryl methyl sites for hydroxylation is 2. The van der Waals surface area contributed by atoms with Gasteiger partial charge in [0.05, 0.1) is 24.6 Å². The van der Waals surface area contributed by atoms with Gasteiger partial charge >= 0.3 is 0 Å². The lowest BCUT2D eigenvalue weighted by Gasteiger charge is -2.14. The summed E-state index contributed by atoms with van der Waals surface area (Å²) in [6, 6.07) is -0.0731. The molecule has 3 aromatic heterocycles. The number of hydrogen-bond donors (Lipinski definition) is 0. The van der Waals surface area contributed by atoms with Gasteiger partial charge in [-0.15, -0.1) is 0 Å². The highest BCUT2D eigenvalue weighted by Crippen LogP contribution is 2.13. The van der Waals surface area contributed by atoms with Gasteiger partial charge in [0, 0.05) is 7.05 Å². The summed E-state index contributed by atoms with van der Waals surface area (Å²) in [4.78, 5) is 21.0. The molecule has 0 saturated heterocycles. The van der Waals surface area contributed by atoms with Crippen molar-refractivity contribution >= 4 is 11.0 Å². The van der Waals surface area contributed by atoms with Crippen LogP contribution in [0.5, 0.6) is 0 Å². The Kier molecular flexibility index (Phi) is 3.28. The van der Waals surface area contributed by atoms with Gasteiger partial charge in [-0.05, 0) is 13.3 Å². The highest BCUT2D eigenvalue weighted by atomic mass is 16.1. The molecule has 0 aliphatic carbocycles. The molecule has 0 amide bonds. The van der Waals surface area contributed by atoms with E-state index in [9.17, 15) is 4.79 Å². The van der Waals surface area contributed by atoms with Crippen molar-refractivity contribution in [2.75, 3.05) is 0 Å². The van der Waals surface area contributed by atoms with E-state index in [1.54, 1.807) is 33.6 Å². The second kappa shape index (κ2) is 5.12. The minimum atomic E-state index is -0.0812. The van der Waals surface area contributed by atoms with Crippen LogP contribution >= 0.6 is 0 Å². The Morgan fingerprint density at radius 2 is 2.14 bits per heavy atom. The summed E-state index contributed by atoms with van der Waals surface area (Å²) in [5.41, 5.74) is 2.00. The Bertz CT molecular complexity index is 815. The second-order valence-electron chi connectivity index (χ2n) is 5.04. The lowest BCUT2D eigenvalue weighted by Crippen LogP contribution is -2.27. The van der Waals surface area contributed by atoms with Crippen LogP contribution in [0.15, 0.2) is 23.8 Å². The van der Waals surface area contributed by atoms with Crippen LogP contribution < -0.4 is 5.56 Å². The third-order valence-electron chi connectivity index (χ3n) is 3.57. The van der Waals surface area contributed by atoms with Crippen molar-refractivity contribution in [2.24, 2.45) is 7.05 Å². The zero-order chi connectivity index (χ0) is 15.0. The second-order valence-corrected chi connectivity index (χ2v) is 5.04. The number of fused-ring (bicyclic) bond motifs is 1. The molecule has 8 nitrogen and oxygen atoms in total. The molecule has 0 aliphatic rings. The first-order chi connectivity index (χ1) is 10.1. The normalized spacial score (nSPS) is 12.9. The van der Waals surface area contributed by atoms with Crippen molar-refractivity contribution in [3.8, 4) is 0 Å². The van der Waals surface area contributed by atoms with Gasteiger partial charge < -0.3 is 0 Å². The summed E-state index contributed by atoms with van der Waals surface area (Å²) in [5, 5.41) is 8.42. The zero-order valence-electron chi connectivity index (χ0n) is 12.3. The lowest BCUT2D eigenvalue weighted by atomic mass is 10.2. The van der Waals surface area contributed by atoms with Crippen molar-refractivity contribution in [3.63, 3.8) is 0 Å². The van der Waals surface area contributed by atoms with Gasteiger partial charge in [0.25, 0.3) is 5.56 Å². The highest BCUT2D eigenvalue weighted by molar-refractivity contribution is 5.76. The third-order valence-corrected chi connectivity index (χ3v) is 3.57. The van der Waals surface area contributed by atoms with E-state index in [0.29, 0.717) is 17.6 Å². The molecule has 3 aromatic rings. The molecule has 0 radical (unpaired) electrons. The molecule has 0 aliphatic heterocycles. The minimum Gasteiger partial charge on any atom is -0.293 e. The van der Waals surface area contributed by atoms with Gasteiger partial charge in [0.2, 0.25) is 0 Å². The molecule has 0 saturated carbocycles. The Balaban J connectivity index is 2.06. The van der Waals surface area contributed by atoms with E-state index < -0.39 is 0 Å². The molecule has 0 aromatic carbocycles. The summed E-state index contributed by atoms with van der Waals surface area (Å²) >= 11 is 0. The van der Waals surface area contributed by atoms with Gasteiger partial charge in [-0.3, -0.25) is 18.7 Å². The maximum absolute atomic E-state index is 12.7. The zero-order valence-corrected chi connectivity index (χ0v) is 12.3. The fraction of sp³-hybridized carbons (Fsp3) is 0.462. The Labute approximate surface area is 121 Å². The molecule has 8 heteroatoms. The van der Waals surface area contributed by atoms with Crippen LogP contribution in [0.4, 0.5) is 0 Å². The first kappa shape index (κ1) is 13.5. The maximum atomic E-state index is 12.7. The number of hydrogen-bond acceptors (Lipinski definition) is 5. The van der Waals surface area contributed by atoms with E-state index in [2.05, 4.69) is 20.2 Å². The molecule has 1 unspecified atom stereocenters. The van der Waals surface area contributed by atoms with Crippen LogP contribution in [0.2, 0.25) is 0 Å². The molecular weight excluding hydrogens is 270 g/mol. The van der Waals surface area contributed by atoms with E-state index in [4.69, 9.17) is 0 Å². The van der Waals surface area contributed by atoms with Gasteiger partial charge in [-0.25, -0.2) is 9.97 Å². The number of aromatic nitrogens is 7. The van der Waals surface area contributed by atoms with Crippen LogP contribution in [-0.4, -0.2) is 34.1 Å². The smallest absolute Gasteiger partial charge is 0.279 e. The monoisotopic (exact) mass is 287 g/mol. The topological polar surface area (TPSA) is 83.4 Å². The van der Waals surface area contributed by atoms with Gasteiger partial charge in [-0.2, -0.15) is 10.2 Å². The van der Waals surface area contributed by atoms with Crippen molar-refractivity contribution in [2.45, 2.75) is 32.9 Å².